The molecule has 0 fully saturated rings. The Balaban J connectivity index is 2.31. The van der Waals surface area contributed by atoms with Gasteiger partial charge in [0.05, 0.1) is 23.8 Å². The molecule has 2 aromatic carbocycles. The van der Waals surface area contributed by atoms with Gasteiger partial charge in [-0.2, -0.15) is 13.2 Å². The number of nitrogens with zero attached hydrogens (tertiary/aromatic N) is 1. The number of rotatable bonds is 7. The molecule has 0 amide bonds. The molecule has 0 spiro atoms. The van der Waals surface area contributed by atoms with Gasteiger partial charge >= 0.3 is 6.18 Å². The maximum absolute atomic E-state index is 13.9. The summed E-state index contributed by atoms with van der Waals surface area (Å²) in [4.78, 5) is 4.25. The van der Waals surface area contributed by atoms with Gasteiger partial charge in [-0.3, -0.25) is 10.4 Å². The quantitative estimate of drug-likeness (QED) is 0.419. The van der Waals surface area contributed by atoms with Crippen LogP contribution in [0.3, 0.4) is 0 Å². The first-order valence-electron chi connectivity index (χ1n) is 7.73. The fourth-order valence-electron chi connectivity index (χ4n) is 2.24. The molecular formula is C18H16F5N3O. The molecule has 0 atom stereocenters. The number of amidine groups is 1. The minimum Gasteiger partial charge on any atom is -0.387 e. The summed E-state index contributed by atoms with van der Waals surface area (Å²) >= 11 is 0. The SMILES string of the molecule is N=C(N)CC(=Nc1ccc(F)cc1)c1cc(F)cc(COCC(F)(F)F)c1. The average Bonchev–Trinajstić information content (AvgIpc) is 2.54. The summed E-state index contributed by atoms with van der Waals surface area (Å²) in [7, 11) is 0. The number of halogens is 5. The first-order chi connectivity index (χ1) is 12.6. The van der Waals surface area contributed by atoms with Gasteiger partial charge < -0.3 is 10.5 Å². The number of hydrogen-bond donors (Lipinski definition) is 2. The van der Waals surface area contributed by atoms with Crippen LogP contribution in [0.15, 0.2) is 47.5 Å². The van der Waals surface area contributed by atoms with Gasteiger partial charge in [-0.05, 0) is 53.6 Å². The predicted octanol–water partition coefficient (Wildman–Crippen LogP) is 4.49. The minimum atomic E-state index is -4.49. The summed E-state index contributed by atoms with van der Waals surface area (Å²) in [5, 5.41) is 7.45. The van der Waals surface area contributed by atoms with Crippen LogP contribution in [0.2, 0.25) is 0 Å². The lowest BCUT2D eigenvalue weighted by Crippen LogP contribution is -2.18. The molecule has 0 heterocycles. The van der Waals surface area contributed by atoms with E-state index < -0.39 is 31.0 Å². The van der Waals surface area contributed by atoms with Crippen molar-refractivity contribution >= 4 is 17.2 Å². The van der Waals surface area contributed by atoms with Gasteiger partial charge in [-0.1, -0.05) is 0 Å². The molecule has 0 unspecified atom stereocenters. The van der Waals surface area contributed by atoms with Crippen molar-refractivity contribution in [3.63, 3.8) is 0 Å². The Morgan fingerprint density at radius 3 is 2.30 bits per heavy atom. The molecule has 3 N–H and O–H groups in total. The molecule has 144 valence electrons. The summed E-state index contributed by atoms with van der Waals surface area (Å²) in [6.07, 6.45) is -4.61. The number of nitrogens with two attached hydrogens (primary N) is 1. The zero-order chi connectivity index (χ0) is 20.0. The lowest BCUT2D eigenvalue weighted by atomic mass is 10.0. The van der Waals surface area contributed by atoms with Gasteiger partial charge in [-0.25, -0.2) is 8.78 Å². The molecule has 0 bridgehead atoms. The molecule has 0 aliphatic rings. The van der Waals surface area contributed by atoms with Gasteiger partial charge in [0.25, 0.3) is 0 Å². The molecule has 0 radical (unpaired) electrons. The van der Waals surface area contributed by atoms with Gasteiger partial charge in [0.2, 0.25) is 0 Å². The molecule has 4 nitrogen and oxygen atoms in total. The van der Waals surface area contributed by atoms with E-state index in [1.807, 2.05) is 0 Å². The van der Waals surface area contributed by atoms with E-state index in [9.17, 15) is 22.0 Å². The standard InChI is InChI=1S/C18H16F5N3O/c19-13-1-3-15(4-2-13)26-16(8-17(24)25)12-5-11(6-14(20)7-12)9-27-10-18(21,22)23/h1-7H,8-10H2,(H3,24,25). The normalized spacial score (nSPS) is 12.3. The average molecular weight is 385 g/mol. The van der Waals surface area contributed by atoms with Crippen LogP contribution < -0.4 is 5.73 Å². The Labute approximate surface area is 152 Å². The van der Waals surface area contributed by atoms with E-state index in [2.05, 4.69) is 9.73 Å². The zero-order valence-corrected chi connectivity index (χ0v) is 14.0. The Kier molecular flexibility index (Phi) is 6.62. The third-order valence-corrected chi connectivity index (χ3v) is 3.27. The van der Waals surface area contributed by atoms with Crippen molar-refractivity contribution in [2.45, 2.75) is 19.2 Å². The second kappa shape index (κ2) is 8.72. The summed E-state index contributed by atoms with van der Waals surface area (Å²) in [6.45, 7) is -1.91. The highest BCUT2D eigenvalue weighted by Gasteiger charge is 2.27. The molecule has 2 aromatic rings. The van der Waals surface area contributed by atoms with Gasteiger partial charge in [0.15, 0.2) is 0 Å². The fourth-order valence-corrected chi connectivity index (χ4v) is 2.24. The molecule has 0 aliphatic heterocycles. The molecule has 0 saturated heterocycles. The van der Waals surface area contributed by atoms with Crippen LogP contribution in [0.5, 0.6) is 0 Å². The van der Waals surface area contributed by atoms with Crippen LogP contribution in [0.4, 0.5) is 27.6 Å². The van der Waals surface area contributed by atoms with Crippen LogP contribution >= 0.6 is 0 Å². The van der Waals surface area contributed by atoms with E-state index in [4.69, 9.17) is 11.1 Å². The Hall–Kier alpha value is -2.81. The van der Waals surface area contributed by atoms with Crippen molar-refractivity contribution in [3.8, 4) is 0 Å². The Morgan fingerprint density at radius 2 is 1.70 bits per heavy atom. The molecule has 27 heavy (non-hydrogen) atoms. The first kappa shape index (κ1) is 20.5. The van der Waals surface area contributed by atoms with E-state index in [1.165, 1.54) is 30.3 Å². The summed E-state index contributed by atoms with van der Waals surface area (Å²) in [5.41, 5.74) is 6.39. The maximum atomic E-state index is 13.9. The number of aliphatic imine (C=N–C) groups is 1. The number of ether oxygens (including phenoxy) is 1. The van der Waals surface area contributed by atoms with Crippen molar-refractivity contribution in [2.24, 2.45) is 10.7 Å². The Bertz CT molecular complexity index is 832. The second-order valence-electron chi connectivity index (χ2n) is 5.69. The monoisotopic (exact) mass is 385 g/mol. The first-order valence-corrected chi connectivity index (χ1v) is 7.73. The van der Waals surface area contributed by atoms with E-state index in [-0.39, 0.29) is 29.1 Å². The molecule has 0 aliphatic carbocycles. The summed E-state index contributed by atoms with van der Waals surface area (Å²) in [6, 6.07) is 8.73. The topological polar surface area (TPSA) is 71.5 Å². The van der Waals surface area contributed by atoms with E-state index in [0.717, 1.165) is 12.1 Å². The predicted molar refractivity (Wildman–Crippen MR) is 91.2 cm³/mol. The molecule has 9 heteroatoms. The highest BCUT2D eigenvalue weighted by Crippen LogP contribution is 2.20. The van der Waals surface area contributed by atoms with Crippen LogP contribution in [-0.4, -0.2) is 24.3 Å². The molecule has 2 rings (SSSR count). The highest BCUT2D eigenvalue weighted by molar-refractivity contribution is 6.11. The highest BCUT2D eigenvalue weighted by atomic mass is 19.4. The van der Waals surface area contributed by atoms with Crippen LogP contribution in [0, 0.1) is 17.0 Å². The second-order valence-corrected chi connectivity index (χ2v) is 5.69. The van der Waals surface area contributed by atoms with E-state index >= 15 is 0 Å². The number of alkyl halides is 3. The van der Waals surface area contributed by atoms with Gasteiger partial charge in [0, 0.05) is 6.42 Å². The number of hydrogen-bond acceptors (Lipinski definition) is 3. The lowest BCUT2D eigenvalue weighted by Gasteiger charge is -2.11. The third kappa shape index (κ3) is 7.14. The van der Waals surface area contributed by atoms with Crippen LogP contribution in [0.1, 0.15) is 17.5 Å². The molecule has 0 saturated carbocycles. The largest absolute Gasteiger partial charge is 0.411 e. The van der Waals surface area contributed by atoms with Crippen molar-refractivity contribution < 1.29 is 26.7 Å². The van der Waals surface area contributed by atoms with Crippen molar-refractivity contribution in [1.82, 2.24) is 0 Å². The van der Waals surface area contributed by atoms with Crippen LogP contribution in [0.25, 0.3) is 0 Å². The van der Waals surface area contributed by atoms with E-state index in [1.54, 1.807) is 0 Å². The number of benzene rings is 2. The van der Waals surface area contributed by atoms with Gasteiger partial charge in [0.1, 0.15) is 18.2 Å². The Morgan fingerprint density at radius 1 is 1.04 bits per heavy atom. The summed E-state index contributed by atoms with van der Waals surface area (Å²) < 4.78 is 68.0. The smallest absolute Gasteiger partial charge is 0.387 e. The summed E-state index contributed by atoms with van der Waals surface area (Å²) in [5.74, 6) is -1.40. The van der Waals surface area contributed by atoms with E-state index in [0.29, 0.717) is 5.69 Å². The van der Waals surface area contributed by atoms with Crippen molar-refractivity contribution in [3.05, 3.63) is 65.2 Å². The van der Waals surface area contributed by atoms with Crippen molar-refractivity contribution in [1.29, 1.82) is 5.41 Å². The lowest BCUT2D eigenvalue weighted by molar-refractivity contribution is -0.176. The zero-order valence-electron chi connectivity index (χ0n) is 14.0. The minimum absolute atomic E-state index is 0.121. The maximum Gasteiger partial charge on any atom is 0.411 e. The van der Waals surface area contributed by atoms with Crippen LogP contribution in [-0.2, 0) is 11.3 Å². The fraction of sp³-hybridized carbons (Fsp3) is 0.222. The molecular weight excluding hydrogens is 369 g/mol. The third-order valence-electron chi connectivity index (χ3n) is 3.27. The number of nitrogens with one attached hydrogen (secondary N) is 1. The molecule has 0 aromatic heterocycles. The van der Waals surface area contributed by atoms with Gasteiger partial charge in [-0.15, -0.1) is 0 Å². The van der Waals surface area contributed by atoms with Crippen molar-refractivity contribution in [2.75, 3.05) is 6.61 Å².